The summed E-state index contributed by atoms with van der Waals surface area (Å²) in [5.74, 6) is -1.05. The minimum absolute atomic E-state index is 0.0852. The first kappa shape index (κ1) is 21.6. The van der Waals surface area contributed by atoms with Gasteiger partial charge in [-0.05, 0) is 43.9 Å². The van der Waals surface area contributed by atoms with E-state index >= 15 is 0 Å². The summed E-state index contributed by atoms with van der Waals surface area (Å²) in [7, 11) is 1.61. The molecule has 1 aliphatic carbocycles. The highest BCUT2D eigenvalue weighted by Gasteiger charge is 2.41. The van der Waals surface area contributed by atoms with Gasteiger partial charge in [0.1, 0.15) is 6.10 Å². The van der Waals surface area contributed by atoms with Gasteiger partial charge in [0, 0.05) is 13.5 Å². The van der Waals surface area contributed by atoms with Crippen LogP contribution in [0.15, 0.2) is 0 Å². The first-order valence-electron chi connectivity index (χ1n) is 9.79. The maximum Gasteiger partial charge on any atom is 0.332 e. The van der Waals surface area contributed by atoms with Gasteiger partial charge in [0.2, 0.25) is 5.91 Å². The fourth-order valence-electron chi connectivity index (χ4n) is 4.29. The highest BCUT2D eigenvalue weighted by atomic mass is 16.7. The highest BCUT2D eigenvalue weighted by molar-refractivity contribution is 5.79. The Kier molecular flexibility index (Phi) is 8.04. The highest BCUT2D eigenvalue weighted by Crippen LogP contribution is 2.37. The van der Waals surface area contributed by atoms with E-state index < -0.39 is 18.4 Å². The van der Waals surface area contributed by atoms with Crippen molar-refractivity contribution in [1.82, 2.24) is 5.32 Å². The summed E-state index contributed by atoms with van der Waals surface area (Å²) >= 11 is 0. The molecular formula is C19H32N2O6. The zero-order valence-corrected chi connectivity index (χ0v) is 16.3. The van der Waals surface area contributed by atoms with Crippen LogP contribution in [-0.2, 0) is 23.8 Å². The second-order valence-electron chi connectivity index (χ2n) is 7.64. The molecule has 0 aromatic rings. The molecule has 8 heteroatoms. The normalized spacial score (nSPS) is 35.1. The first-order valence-corrected chi connectivity index (χ1v) is 9.79. The fourth-order valence-corrected chi connectivity index (χ4v) is 4.29. The Morgan fingerprint density at radius 2 is 2.07 bits per heavy atom. The van der Waals surface area contributed by atoms with Gasteiger partial charge in [0.15, 0.2) is 18.8 Å². The van der Waals surface area contributed by atoms with Crippen molar-refractivity contribution >= 4 is 18.3 Å². The Morgan fingerprint density at radius 3 is 2.67 bits per heavy atom. The Morgan fingerprint density at radius 1 is 1.33 bits per heavy atom. The van der Waals surface area contributed by atoms with Crippen molar-refractivity contribution < 1.29 is 28.9 Å². The summed E-state index contributed by atoms with van der Waals surface area (Å²) in [6.07, 6.45) is 3.08. The lowest BCUT2D eigenvalue weighted by atomic mass is 9.75. The number of aliphatic carboxylic acids is 1. The van der Waals surface area contributed by atoms with Crippen molar-refractivity contribution in [1.29, 1.82) is 5.41 Å². The average Bonchev–Trinajstić information content (AvgIpc) is 2.65. The number of hydrogen-bond donors (Lipinski definition) is 3. The molecule has 1 saturated carbocycles. The lowest BCUT2D eigenvalue weighted by Crippen LogP contribution is -2.47. The van der Waals surface area contributed by atoms with Crippen molar-refractivity contribution in [3.8, 4) is 0 Å². The number of rotatable bonds is 8. The van der Waals surface area contributed by atoms with E-state index in [1.165, 1.54) is 0 Å². The third-order valence-corrected chi connectivity index (χ3v) is 5.71. The zero-order valence-electron chi connectivity index (χ0n) is 16.3. The van der Waals surface area contributed by atoms with E-state index in [4.69, 9.17) is 19.6 Å². The largest absolute Gasteiger partial charge is 0.480 e. The number of carboxylic acids is 1. The molecule has 7 atom stereocenters. The topological polar surface area (TPSA) is 118 Å². The van der Waals surface area contributed by atoms with Crippen LogP contribution in [0.2, 0.25) is 0 Å². The second kappa shape index (κ2) is 10.0. The standard InChI is InChI=1S/C19H32N2O6/c1-4-14(25-10-20)12-5-6-15(13(9-12)18(22)21-3)26-17-8-11(2)7-16(27-17)19(23)24/h10-17,20H,4-9H2,1-3H3,(H,21,22)(H,23,24). The first-order chi connectivity index (χ1) is 12.9. The Balaban J connectivity index is 2.05. The number of ether oxygens (including phenoxy) is 3. The van der Waals surface area contributed by atoms with Crippen LogP contribution in [0.3, 0.4) is 0 Å². The van der Waals surface area contributed by atoms with Crippen LogP contribution in [0.4, 0.5) is 0 Å². The molecule has 0 bridgehead atoms. The van der Waals surface area contributed by atoms with Gasteiger partial charge in [-0.3, -0.25) is 10.2 Å². The Bertz CT molecular complexity index is 528. The van der Waals surface area contributed by atoms with E-state index in [0.29, 0.717) is 25.7 Å². The molecule has 8 nitrogen and oxygen atoms in total. The molecule has 154 valence electrons. The maximum atomic E-state index is 12.5. The molecule has 1 aliphatic heterocycles. The summed E-state index contributed by atoms with van der Waals surface area (Å²) < 4.78 is 17.1. The third kappa shape index (κ3) is 5.65. The molecule has 1 saturated heterocycles. The van der Waals surface area contributed by atoms with E-state index in [0.717, 1.165) is 19.2 Å². The van der Waals surface area contributed by atoms with Crippen LogP contribution in [-0.4, -0.2) is 55.0 Å². The summed E-state index contributed by atoms with van der Waals surface area (Å²) in [5, 5.41) is 19.2. The van der Waals surface area contributed by atoms with Crippen LogP contribution in [0.25, 0.3) is 0 Å². The fraction of sp³-hybridized carbons (Fsp3) is 0.842. The van der Waals surface area contributed by atoms with Gasteiger partial charge in [-0.1, -0.05) is 13.8 Å². The predicted molar refractivity (Wildman–Crippen MR) is 98.4 cm³/mol. The van der Waals surface area contributed by atoms with Gasteiger partial charge in [-0.2, -0.15) is 0 Å². The summed E-state index contributed by atoms with van der Waals surface area (Å²) in [4.78, 5) is 23.8. The van der Waals surface area contributed by atoms with Gasteiger partial charge in [-0.15, -0.1) is 0 Å². The number of nitrogens with one attached hydrogen (secondary N) is 2. The minimum atomic E-state index is -0.976. The van der Waals surface area contributed by atoms with Crippen molar-refractivity contribution in [2.75, 3.05) is 7.05 Å². The average molecular weight is 384 g/mol. The van der Waals surface area contributed by atoms with Crippen molar-refractivity contribution in [3.63, 3.8) is 0 Å². The van der Waals surface area contributed by atoms with Crippen LogP contribution < -0.4 is 5.32 Å². The molecule has 1 heterocycles. The van der Waals surface area contributed by atoms with E-state index in [1.54, 1.807) is 7.05 Å². The molecule has 0 spiro atoms. The van der Waals surface area contributed by atoms with Crippen LogP contribution in [0, 0.1) is 23.2 Å². The Labute approximate surface area is 160 Å². The van der Waals surface area contributed by atoms with Crippen LogP contribution in [0.1, 0.15) is 52.4 Å². The van der Waals surface area contributed by atoms with Gasteiger partial charge in [0.05, 0.1) is 12.0 Å². The third-order valence-electron chi connectivity index (χ3n) is 5.71. The monoisotopic (exact) mass is 384 g/mol. The van der Waals surface area contributed by atoms with Crippen molar-refractivity contribution in [3.05, 3.63) is 0 Å². The number of carbonyl (C=O) groups excluding carboxylic acids is 1. The SMILES string of the molecule is CCC(OC=N)C1CCC(OC2CC(C)CC(C(=O)O)O2)C(C(=O)NC)C1. The molecular weight excluding hydrogens is 352 g/mol. The number of carboxylic acid groups (broad SMARTS) is 1. The molecule has 0 aromatic heterocycles. The molecule has 27 heavy (non-hydrogen) atoms. The lowest BCUT2D eigenvalue weighted by Gasteiger charge is -2.40. The van der Waals surface area contributed by atoms with Crippen LogP contribution in [0.5, 0.6) is 0 Å². The smallest absolute Gasteiger partial charge is 0.332 e. The molecule has 2 aliphatic rings. The van der Waals surface area contributed by atoms with Crippen molar-refractivity contribution in [2.24, 2.45) is 17.8 Å². The van der Waals surface area contributed by atoms with Gasteiger partial charge in [0.25, 0.3) is 0 Å². The molecule has 0 radical (unpaired) electrons. The summed E-state index contributed by atoms with van der Waals surface area (Å²) in [6.45, 7) is 4.00. The van der Waals surface area contributed by atoms with E-state index in [1.807, 2.05) is 13.8 Å². The minimum Gasteiger partial charge on any atom is -0.480 e. The Hall–Kier alpha value is -1.67. The van der Waals surface area contributed by atoms with E-state index in [-0.39, 0.29) is 35.9 Å². The van der Waals surface area contributed by atoms with Crippen molar-refractivity contribution in [2.45, 2.75) is 77.0 Å². The summed E-state index contributed by atoms with van der Waals surface area (Å²) in [5.41, 5.74) is 0. The molecule has 2 fully saturated rings. The molecule has 0 aromatic carbocycles. The molecule has 1 amide bonds. The zero-order chi connectivity index (χ0) is 20.0. The number of carbonyl (C=O) groups is 2. The molecule has 2 rings (SSSR count). The number of hydrogen-bond acceptors (Lipinski definition) is 6. The predicted octanol–water partition coefficient (Wildman–Crippen LogP) is 2.16. The summed E-state index contributed by atoms with van der Waals surface area (Å²) in [6, 6.07) is 0. The molecule has 3 N–H and O–H groups in total. The number of amides is 1. The van der Waals surface area contributed by atoms with Gasteiger partial charge < -0.3 is 24.6 Å². The van der Waals surface area contributed by atoms with E-state index in [9.17, 15) is 14.7 Å². The van der Waals surface area contributed by atoms with Gasteiger partial charge in [-0.25, -0.2) is 4.79 Å². The maximum absolute atomic E-state index is 12.5. The quantitative estimate of drug-likeness (QED) is 0.436. The molecule has 7 unspecified atom stereocenters. The van der Waals surface area contributed by atoms with Gasteiger partial charge >= 0.3 is 5.97 Å². The lowest BCUT2D eigenvalue weighted by molar-refractivity contribution is -0.239. The van der Waals surface area contributed by atoms with E-state index in [2.05, 4.69) is 5.32 Å². The second-order valence-corrected chi connectivity index (χ2v) is 7.64. The van der Waals surface area contributed by atoms with Crippen LogP contribution >= 0.6 is 0 Å².